The Morgan fingerprint density at radius 3 is 2.45 bits per heavy atom. The van der Waals surface area contributed by atoms with Crippen LogP contribution in [0.4, 0.5) is 0 Å². The molecule has 100 valence electrons. The summed E-state index contributed by atoms with van der Waals surface area (Å²) in [5, 5.41) is 2.18. The zero-order chi connectivity index (χ0) is 14.3. The number of carbonyl (C=O) groups is 1. The van der Waals surface area contributed by atoms with E-state index in [-0.39, 0.29) is 5.78 Å². The van der Waals surface area contributed by atoms with Crippen LogP contribution < -0.4 is 0 Å². The van der Waals surface area contributed by atoms with E-state index in [2.05, 4.69) is 38.1 Å². The van der Waals surface area contributed by atoms with Crippen molar-refractivity contribution < 1.29 is 4.79 Å². The number of fused-ring (bicyclic) bond motifs is 1. The molecule has 3 rings (SSSR count). The molecule has 0 aromatic heterocycles. The molecule has 0 N–H and O–H groups in total. The third-order valence-corrected chi connectivity index (χ3v) is 4.26. The first-order chi connectivity index (χ1) is 9.59. The molecule has 1 nitrogen and oxygen atoms in total. The van der Waals surface area contributed by atoms with Gasteiger partial charge in [0, 0.05) is 5.56 Å². The molecule has 1 aliphatic carbocycles. The van der Waals surface area contributed by atoms with E-state index in [1.54, 1.807) is 6.92 Å². The highest BCUT2D eigenvalue weighted by atomic mass is 16.1. The van der Waals surface area contributed by atoms with Crippen LogP contribution in [0.3, 0.4) is 0 Å². The highest BCUT2D eigenvalue weighted by Gasteiger charge is 2.19. The summed E-state index contributed by atoms with van der Waals surface area (Å²) in [6.45, 7) is 5.94. The largest absolute Gasteiger partial charge is 0.294 e. The van der Waals surface area contributed by atoms with Gasteiger partial charge in [0.15, 0.2) is 5.78 Å². The Kier molecular flexibility index (Phi) is 3.06. The van der Waals surface area contributed by atoms with Gasteiger partial charge in [-0.25, -0.2) is 0 Å². The minimum absolute atomic E-state index is 0.140. The third kappa shape index (κ3) is 1.90. The van der Waals surface area contributed by atoms with Gasteiger partial charge in [0.05, 0.1) is 0 Å². The predicted octanol–water partition coefficient (Wildman–Crippen LogP) is 5.17. The Morgan fingerprint density at radius 1 is 1.05 bits per heavy atom. The van der Waals surface area contributed by atoms with Crippen molar-refractivity contribution >= 4 is 22.1 Å². The van der Waals surface area contributed by atoms with Crippen LogP contribution >= 0.6 is 0 Å². The molecule has 0 unspecified atom stereocenters. The first-order valence-corrected chi connectivity index (χ1v) is 6.99. The van der Waals surface area contributed by atoms with Crippen molar-refractivity contribution in [1.82, 2.24) is 0 Å². The Hall–Kier alpha value is -2.15. The first kappa shape index (κ1) is 12.9. The van der Waals surface area contributed by atoms with Gasteiger partial charge in [-0.05, 0) is 54.7 Å². The SMILES string of the molecule is CC(=O)c1c(C2=C(C)C(C)=CC2)ccc2ccccc12. The van der Waals surface area contributed by atoms with Gasteiger partial charge >= 0.3 is 0 Å². The molecule has 0 radical (unpaired) electrons. The number of Topliss-reactive ketones (excluding diaryl/α,β-unsaturated/α-hetero) is 1. The normalized spacial score (nSPS) is 14.8. The van der Waals surface area contributed by atoms with Crippen LogP contribution in [0.5, 0.6) is 0 Å². The number of ketones is 1. The van der Waals surface area contributed by atoms with Crippen molar-refractivity contribution in [3.63, 3.8) is 0 Å². The fraction of sp³-hybridized carbons (Fsp3) is 0.211. The van der Waals surface area contributed by atoms with Crippen LogP contribution in [0.25, 0.3) is 16.3 Å². The molecule has 0 saturated carbocycles. The maximum Gasteiger partial charge on any atom is 0.161 e. The van der Waals surface area contributed by atoms with E-state index in [0.717, 1.165) is 28.3 Å². The zero-order valence-corrected chi connectivity index (χ0v) is 12.2. The topological polar surface area (TPSA) is 17.1 Å². The number of allylic oxidation sites excluding steroid dienone is 4. The van der Waals surface area contributed by atoms with Crippen molar-refractivity contribution in [2.45, 2.75) is 27.2 Å². The van der Waals surface area contributed by atoms with E-state index in [1.165, 1.54) is 16.7 Å². The standard InChI is InChI=1S/C19H18O/c1-12-8-10-16(13(12)2)18-11-9-15-6-4-5-7-17(15)19(18)14(3)20/h4-9,11H,10H2,1-3H3. The summed E-state index contributed by atoms with van der Waals surface area (Å²) in [5.74, 6) is 0.140. The van der Waals surface area contributed by atoms with E-state index in [0.29, 0.717) is 0 Å². The Balaban J connectivity index is 2.33. The van der Waals surface area contributed by atoms with E-state index in [4.69, 9.17) is 0 Å². The lowest BCUT2D eigenvalue weighted by atomic mass is 9.90. The maximum absolute atomic E-state index is 12.2. The van der Waals surface area contributed by atoms with E-state index >= 15 is 0 Å². The molecule has 0 amide bonds. The quantitative estimate of drug-likeness (QED) is 0.683. The molecule has 20 heavy (non-hydrogen) atoms. The Morgan fingerprint density at radius 2 is 1.80 bits per heavy atom. The van der Waals surface area contributed by atoms with Crippen LogP contribution in [0.2, 0.25) is 0 Å². The van der Waals surface area contributed by atoms with Crippen LogP contribution in [0.15, 0.2) is 53.6 Å². The molecular formula is C19H18O. The summed E-state index contributed by atoms with van der Waals surface area (Å²) in [6, 6.07) is 12.3. The zero-order valence-electron chi connectivity index (χ0n) is 12.2. The molecular weight excluding hydrogens is 244 g/mol. The molecule has 1 aliphatic rings. The van der Waals surface area contributed by atoms with E-state index in [1.807, 2.05) is 18.2 Å². The van der Waals surface area contributed by atoms with Crippen LogP contribution in [-0.4, -0.2) is 5.78 Å². The molecule has 0 spiro atoms. The fourth-order valence-corrected chi connectivity index (χ4v) is 3.01. The average Bonchev–Trinajstić information content (AvgIpc) is 2.77. The minimum Gasteiger partial charge on any atom is -0.294 e. The summed E-state index contributed by atoms with van der Waals surface area (Å²) < 4.78 is 0. The highest BCUT2D eigenvalue weighted by Crippen LogP contribution is 2.37. The lowest BCUT2D eigenvalue weighted by molar-refractivity contribution is 0.101. The Bertz CT molecular complexity index is 775. The second-order valence-electron chi connectivity index (χ2n) is 5.46. The van der Waals surface area contributed by atoms with Gasteiger partial charge in [0.1, 0.15) is 0 Å². The molecule has 2 aromatic rings. The summed E-state index contributed by atoms with van der Waals surface area (Å²) in [6.07, 6.45) is 3.17. The number of rotatable bonds is 2. The van der Waals surface area contributed by atoms with Crippen LogP contribution in [0.1, 0.15) is 43.1 Å². The van der Waals surface area contributed by atoms with Gasteiger partial charge in [0.2, 0.25) is 0 Å². The van der Waals surface area contributed by atoms with Crippen molar-refractivity contribution in [1.29, 1.82) is 0 Å². The van der Waals surface area contributed by atoms with Crippen molar-refractivity contribution in [2.24, 2.45) is 0 Å². The first-order valence-electron chi connectivity index (χ1n) is 6.99. The molecule has 0 atom stereocenters. The monoisotopic (exact) mass is 262 g/mol. The average molecular weight is 262 g/mol. The molecule has 2 aromatic carbocycles. The van der Waals surface area contributed by atoms with Crippen LogP contribution in [0, 0.1) is 0 Å². The summed E-state index contributed by atoms with van der Waals surface area (Å²) in [4.78, 5) is 12.2. The number of hydrogen-bond acceptors (Lipinski definition) is 1. The molecule has 0 bridgehead atoms. The Labute approximate surface area is 119 Å². The minimum atomic E-state index is 0.140. The van der Waals surface area contributed by atoms with Gasteiger partial charge in [-0.3, -0.25) is 4.79 Å². The molecule has 0 aliphatic heterocycles. The smallest absolute Gasteiger partial charge is 0.161 e. The summed E-state index contributed by atoms with van der Waals surface area (Å²) in [7, 11) is 0. The fourth-order valence-electron chi connectivity index (χ4n) is 3.01. The lowest BCUT2D eigenvalue weighted by Crippen LogP contribution is -2.01. The van der Waals surface area contributed by atoms with Gasteiger partial charge in [0.25, 0.3) is 0 Å². The van der Waals surface area contributed by atoms with E-state index < -0.39 is 0 Å². The third-order valence-electron chi connectivity index (χ3n) is 4.26. The molecule has 1 heteroatoms. The predicted molar refractivity (Wildman–Crippen MR) is 84.9 cm³/mol. The van der Waals surface area contributed by atoms with Gasteiger partial charge in [-0.2, -0.15) is 0 Å². The van der Waals surface area contributed by atoms with Gasteiger partial charge < -0.3 is 0 Å². The number of carbonyl (C=O) groups excluding carboxylic acids is 1. The van der Waals surface area contributed by atoms with Crippen LogP contribution in [-0.2, 0) is 0 Å². The summed E-state index contributed by atoms with van der Waals surface area (Å²) in [5.41, 5.74) is 5.88. The van der Waals surface area contributed by atoms with Crippen molar-refractivity contribution in [2.75, 3.05) is 0 Å². The molecule has 0 heterocycles. The molecule has 0 fully saturated rings. The van der Waals surface area contributed by atoms with Crippen molar-refractivity contribution in [3.8, 4) is 0 Å². The van der Waals surface area contributed by atoms with Crippen molar-refractivity contribution in [3.05, 3.63) is 64.7 Å². The van der Waals surface area contributed by atoms with Gasteiger partial charge in [-0.15, -0.1) is 0 Å². The molecule has 0 saturated heterocycles. The number of benzene rings is 2. The second kappa shape index (κ2) is 4.75. The summed E-state index contributed by atoms with van der Waals surface area (Å²) >= 11 is 0. The number of hydrogen-bond donors (Lipinski definition) is 0. The van der Waals surface area contributed by atoms with Gasteiger partial charge in [-0.1, -0.05) is 48.0 Å². The highest BCUT2D eigenvalue weighted by molar-refractivity contribution is 6.11. The second-order valence-corrected chi connectivity index (χ2v) is 5.46. The van der Waals surface area contributed by atoms with E-state index in [9.17, 15) is 4.79 Å². The lowest BCUT2D eigenvalue weighted by Gasteiger charge is -2.13. The maximum atomic E-state index is 12.2.